The van der Waals surface area contributed by atoms with Crippen LogP contribution in [0.4, 0.5) is 4.39 Å². The molecule has 0 aliphatic carbocycles. The number of halogens is 2. The summed E-state index contributed by atoms with van der Waals surface area (Å²) in [6, 6.07) is 6.26. The lowest BCUT2D eigenvalue weighted by Gasteiger charge is -1.95. The van der Waals surface area contributed by atoms with Crippen molar-refractivity contribution in [3.05, 3.63) is 40.2 Å². The first-order valence-electron chi connectivity index (χ1n) is 4.94. The monoisotopic (exact) mass is 325 g/mol. The Balaban J connectivity index is 2.02. The van der Waals surface area contributed by atoms with Crippen molar-refractivity contribution in [1.82, 2.24) is 15.2 Å². The van der Waals surface area contributed by atoms with E-state index in [1.165, 1.54) is 17.4 Å². The Hall–Kier alpha value is -1.60. The maximum Gasteiger partial charge on any atom is 0.259 e. The number of hydrogen-bond donors (Lipinski definition) is 0. The summed E-state index contributed by atoms with van der Waals surface area (Å²) in [5, 5.41) is 7.72. The van der Waals surface area contributed by atoms with Crippen LogP contribution in [-0.2, 0) is 0 Å². The average molecular weight is 326 g/mol. The lowest BCUT2D eigenvalue weighted by molar-refractivity contribution is 0.571. The van der Waals surface area contributed by atoms with E-state index in [2.05, 4.69) is 31.1 Å². The van der Waals surface area contributed by atoms with Crippen LogP contribution in [0.15, 0.2) is 38.8 Å². The third-order valence-electron chi connectivity index (χ3n) is 2.22. The summed E-state index contributed by atoms with van der Waals surface area (Å²) in [6.45, 7) is 0. The molecule has 0 N–H and O–H groups in total. The van der Waals surface area contributed by atoms with Gasteiger partial charge < -0.3 is 4.42 Å². The van der Waals surface area contributed by atoms with Crippen LogP contribution >= 0.6 is 27.3 Å². The number of hydrogen-bond acceptors (Lipinski definition) is 5. The van der Waals surface area contributed by atoms with Crippen LogP contribution in [0.3, 0.4) is 0 Å². The van der Waals surface area contributed by atoms with Gasteiger partial charge in [-0.15, -0.1) is 21.5 Å². The van der Waals surface area contributed by atoms with E-state index >= 15 is 0 Å². The fraction of sp³-hybridized carbons (Fsp3) is 0. The third kappa shape index (κ3) is 2.06. The first-order chi connectivity index (χ1) is 8.74. The second-order valence-electron chi connectivity index (χ2n) is 3.37. The van der Waals surface area contributed by atoms with Crippen molar-refractivity contribution in [2.24, 2.45) is 0 Å². The van der Waals surface area contributed by atoms with E-state index in [-0.39, 0.29) is 5.89 Å². The molecule has 0 saturated heterocycles. The molecule has 0 bridgehead atoms. The smallest absolute Gasteiger partial charge is 0.259 e. The van der Waals surface area contributed by atoms with E-state index in [0.29, 0.717) is 11.5 Å². The predicted molar refractivity (Wildman–Crippen MR) is 68.5 cm³/mol. The number of nitrogens with zero attached hydrogens (tertiary/aromatic N) is 3. The Morgan fingerprint density at radius 1 is 1.17 bits per heavy atom. The van der Waals surface area contributed by atoms with Gasteiger partial charge in [0.25, 0.3) is 11.8 Å². The molecule has 0 unspecified atom stereocenters. The van der Waals surface area contributed by atoms with Crippen LogP contribution in [0.5, 0.6) is 0 Å². The highest BCUT2D eigenvalue weighted by Crippen LogP contribution is 2.30. The second kappa shape index (κ2) is 4.58. The molecule has 2 aromatic heterocycles. The zero-order valence-corrected chi connectivity index (χ0v) is 11.2. The van der Waals surface area contributed by atoms with Crippen molar-refractivity contribution >= 4 is 27.3 Å². The SMILES string of the molecule is Fc1ccccc1-c1nnc(-c2cnc(Br)s2)o1. The summed E-state index contributed by atoms with van der Waals surface area (Å²) in [6.07, 6.45) is 1.62. The number of rotatable bonds is 2. The Labute approximate surface area is 114 Å². The molecule has 0 atom stereocenters. The van der Waals surface area contributed by atoms with Gasteiger partial charge in [-0.25, -0.2) is 9.37 Å². The molecule has 3 rings (SSSR count). The molecule has 0 aliphatic rings. The fourth-order valence-corrected chi connectivity index (χ4v) is 2.61. The van der Waals surface area contributed by atoms with Gasteiger partial charge in [-0.1, -0.05) is 12.1 Å². The van der Waals surface area contributed by atoms with Gasteiger partial charge in [0, 0.05) is 0 Å². The molecule has 0 spiro atoms. The molecule has 7 heteroatoms. The molecule has 0 saturated carbocycles. The van der Waals surface area contributed by atoms with E-state index in [9.17, 15) is 4.39 Å². The summed E-state index contributed by atoms with van der Waals surface area (Å²) in [4.78, 5) is 4.76. The maximum absolute atomic E-state index is 13.5. The minimum absolute atomic E-state index is 0.160. The molecule has 4 nitrogen and oxygen atoms in total. The van der Waals surface area contributed by atoms with Crippen LogP contribution in [0.25, 0.3) is 22.2 Å². The maximum atomic E-state index is 13.5. The van der Waals surface area contributed by atoms with Gasteiger partial charge in [0.1, 0.15) is 10.7 Å². The van der Waals surface area contributed by atoms with Gasteiger partial charge in [-0.05, 0) is 28.1 Å². The van der Waals surface area contributed by atoms with Gasteiger partial charge in [-0.3, -0.25) is 0 Å². The van der Waals surface area contributed by atoms with E-state index in [4.69, 9.17) is 4.42 Å². The Bertz CT molecular complexity index is 697. The van der Waals surface area contributed by atoms with Gasteiger partial charge in [-0.2, -0.15) is 0 Å². The van der Waals surface area contributed by atoms with Gasteiger partial charge in [0.15, 0.2) is 3.92 Å². The molecule has 0 aliphatic heterocycles. The van der Waals surface area contributed by atoms with Crippen LogP contribution in [0, 0.1) is 5.82 Å². The minimum Gasteiger partial charge on any atom is -0.415 e. The van der Waals surface area contributed by atoms with E-state index in [1.807, 2.05) is 0 Å². The van der Waals surface area contributed by atoms with Crippen molar-refractivity contribution in [1.29, 1.82) is 0 Å². The van der Waals surface area contributed by atoms with E-state index in [0.717, 1.165) is 8.79 Å². The van der Waals surface area contributed by atoms with Crippen LogP contribution < -0.4 is 0 Å². The molecule has 18 heavy (non-hydrogen) atoms. The second-order valence-corrected chi connectivity index (χ2v) is 5.68. The highest BCUT2D eigenvalue weighted by molar-refractivity contribution is 9.11. The molecular weight excluding hydrogens is 321 g/mol. The van der Waals surface area contributed by atoms with Crippen LogP contribution in [-0.4, -0.2) is 15.2 Å². The largest absolute Gasteiger partial charge is 0.415 e. The van der Waals surface area contributed by atoms with Gasteiger partial charge in [0.05, 0.1) is 11.8 Å². The van der Waals surface area contributed by atoms with Crippen molar-refractivity contribution in [2.45, 2.75) is 0 Å². The molecule has 90 valence electrons. The predicted octanol–water partition coefficient (Wildman–Crippen LogP) is 3.76. The fourth-order valence-electron chi connectivity index (χ4n) is 1.42. The standard InChI is InChI=1S/C11H5BrFN3OS/c12-11-14-5-8(18-11)10-16-15-9(17-10)6-3-1-2-4-7(6)13/h1-5H. The topological polar surface area (TPSA) is 51.8 Å². The van der Waals surface area contributed by atoms with Crippen molar-refractivity contribution in [2.75, 3.05) is 0 Å². The van der Waals surface area contributed by atoms with Crippen LogP contribution in [0.2, 0.25) is 0 Å². The summed E-state index contributed by atoms with van der Waals surface area (Å²) in [7, 11) is 0. The van der Waals surface area contributed by atoms with E-state index in [1.54, 1.807) is 24.4 Å². The van der Waals surface area contributed by atoms with Crippen LogP contribution in [0.1, 0.15) is 0 Å². The Kier molecular flexibility index (Phi) is 2.92. The lowest BCUT2D eigenvalue weighted by Crippen LogP contribution is -1.82. The molecule has 0 fully saturated rings. The normalized spacial score (nSPS) is 10.8. The zero-order chi connectivity index (χ0) is 12.5. The first kappa shape index (κ1) is 11.5. The molecular formula is C11H5BrFN3OS. The first-order valence-corrected chi connectivity index (χ1v) is 6.55. The minimum atomic E-state index is -0.391. The third-order valence-corrected chi connectivity index (χ3v) is 3.68. The van der Waals surface area contributed by atoms with Crippen molar-refractivity contribution in [3.63, 3.8) is 0 Å². The Morgan fingerprint density at radius 3 is 2.67 bits per heavy atom. The van der Waals surface area contributed by atoms with E-state index < -0.39 is 5.82 Å². The number of benzene rings is 1. The summed E-state index contributed by atoms with van der Waals surface area (Å²) in [5.74, 6) is 0.0993. The summed E-state index contributed by atoms with van der Waals surface area (Å²) < 4.78 is 19.7. The van der Waals surface area contributed by atoms with Gasteiger partial charge >= 0.3 is 0 Å². The quantitative estimate of drug-likeness (QED) is 0.719. The Morgan fingerprint density at radius 2 is 1.94 bits per heavy atom. The molecule has 3 aromatic rings. The van der Waals surface area contributed by atoms with Crippen molar-refractivity contribution in [3.8, 4) is 22.2 Å². The number of aromatic nitrogens is 3. The van der Waals surface area contributed by atoms with Crippen molar-refractivity contribution < 1.29 is 8.81 Å². The average Bonchev–Trinajstić information content (AvgIpc) is 2.98. The molecule has 0 radical (unpaired) electrons. The van der Waals surface area contributed by atoms with Gasteiger partial charge in [0.2, 0.25) is 0 Å². The summed E-state index contributed by atoms with van der Waals surface area (Å²) >= 11 is 4.62. The highest BCUT2D eigenvalue weighted by atomic mass is 79.9. The molecule has 2 heterocycles. The molecule has 1 aromatic carbocycles. The highest BCUT2D eigenvalue weighted by Gasteiger charge is 2.15. The zero-order valence-electron chi connectivity index (χ0n) is 8.80. The lowest BCUT2D eigenvalue weighted by atomic mass is 10.2. The molecule has 0 amide bonds. The summed E-state index contributed by atoms with van der Waals surface area (Å²) in [5.41, 5.74) is 0.292. The number of thiazole rings is 1.